The van der Waals surface area contributed by atoms with Gasteiger partial charge in [0, 0.05) is 11.8 Å². The van der Waals surface area contributed by atoms with Crippen molar-refractivity contribution in [3.8, 4) is 17.0 Å². The molecule has 3 nitrogen and oxygen atoms in total. The maximum atomic E-state index is 12.7. The van der Waals surface area contributed by atoms with Crippen molar-refractivity contribution in [1.82, 2.24) is 4.98 Å². The van der Waals surface area contributed by atoms with Gasteiger partial charge in [0.1, 0.15) is 5.75 Å². The second kappa shape index (κ2) is 14.2. The van der Waals surface area contributed by atoms with Crippen LogP contribution in [0.2, 0.25) is 0 Å². The van der Waals surface area contributed by atoms with Crippen LogP contribution in [0.15, 0.2) is 42.6 Å². The molecule has 1 saturated carbocycles. The number of carbonyl (C=O) groups excluding carboxylic acids is 1. The van der Waals surface area contributed by atoms with E-state index in [-0.39, 0.29) is 11.9 Å². The van der Waals surface area contributed by atoms with E-state index in [9.17, 15) is 4.79 Å². The number of nitrogens with zero attached hydrogens (tertiary/aromatic N) is 1. The molecule has 33 heavy (non-hydrogen) atoms. The fraction of sp³-hybridized carbons (Fsp3) is 0.600. The van der Waals surface area contributed by atoms with Crippen LogP contribution < -0.4 is 4.74 Å². The highest BCUT2D eigenvalue weighted by atomic mass is 16.5. The highest BCUT2D eigenvalue weighted by Gasteiger charge is 2.27. The normalized spacial score (nSPS) is 18.2. The van der Waals surface area contributed by atoms with E-state index in [2.05, 4.69) is 31.0 Å². The van der Waals surface area contributed by atoms with Gasteiger partial charge in [-0.25, -0.2) is 0 Å². The molecular formula is C30H43NO2. The Balaban J connectivity index is 1.39. The summed E-state index contributed by atoms with van der Waals surface area (Å²) in [6.07, 6.45) is 19.3. The fourth-order valence-corrected chi connectivity index (χ4v) is 4.92. The van der Waals surface area contributed by atoms with Crippen LogP contribution in [0, 0.1) is 11.8 Å². The van der Waals surface area contributed by atoms with Gasteiger partial charge < -0.3 is 4.74 Å². The monoisotopic (exact) mass is 449 g/mol. The molecule has 0 spiro atoms. The van der Waals surface area contributed by atoms with Gasteiger partial charge in [-0.05, 0) is 80.3 Å². The first-order valence-corrected chi connectivity index (χ1v) is 13.5. The largest absolute Gasteiger partial charge is 0.426 e. The number of esters is 1. The maximum absolute atomic E-state index is 12.7. The van der Waals surface area contributed by atoms with E-state index >= 15 is 0 Å². The number of ether oxygens (including phenoxy) is 1. The standard InChI is InChI=1S/C30H43NO2/c1-3-5-7-8-9-10-12-24-13-16-27(17-14-24)30(32)33-28-20-18-26(19-21-28)29-22-15-25(23-31-29)11-6-4-2/h15,18-24,27H,3-14,16-17H2,1-2H3/t24-,27-. The third kappa shape index (κ3) is 8.61. The average molecular weight is 450 g/mol. The SMILES string of the molecule is CCCCCCCC[C@H]1CC[C@H](C(=O)Oc2ccc(-c3ccc(CCCC)cn3)cc2)CC1. The van der Waals surface area contributed by atoms with E-state index in [0.717, 1.165) is 36.4 Å². The molecule has 0 unspecified atom stereocenters. The number of unbranched alkanes of at least 4 members (excludes halogenated alkanes) is 6. The van der Waals surface area contributed by atoms with Gasteiger partial charge in [0.15, 0.2) is 0 Å². The lowest BCUT2D eigenvalue weighted by molar-refractivity contribution is -0.140. The molecule has 1 aromatic carbocycles. The summed E-state index contributed by atoms with van der Waals surface area (Å²) in [4.78, 5) is 17.3. The van der Waals surface area contributed by atoms with Crippen LogP contribution in [0.1, 0.15) is 103 Å². The Morgan fingerprint density at radius 1 is 0.848 bits per heavy atom. The van der Waals surface area contributed by atoms with Gasteiger partial charge in [-0.15, -0.1) is 0 Å². The molecular weight excluding hydrogens is 406 g/mol. The number of pyridine rings is 1. The third-order valence-electron chi connectivity index (χ3n) is 7.16. The molecule has 1 heterocycles. The molecule has 0 bridgehead atoms. The zero-order valence-corrected chi connectivity index (χ0v) is 20.9. The molecule has 180 valence electrons. The molecule has 1 aromatic heterocycles. The van der Waals surface area contributed by atoms with Gasteiger partial charge in [0.2, 0.25) is 0 Å². The number of hydrogen-bond donors (Lipinski definition) is 0. The molecule has 1 aliphatic carbocycles. The molecule has 0 N–H and O–H groups in total. The van der Waals surface area contributed by atoms with Crippen LogP contribution >= 0.6 is 0 Å². The molecule has 3 rings (SSSR count). The van der Waals surface area contributed by atoms with Crippen molar-refractivity contribution in [2.24, 2.45) is 11.8 Å². The summed E-state index contributed by atoms with van der Waals surface area (Å²) in [5.74, 6) is 1.44. The predicted octanol–water partition coefficient (Wildman–Crippen LogP) is 8.55. The Morgan fingerprint density at radius 3 is 2.21 bits per heavy atom. The first kappa shape index (κ1) is 25.5. The van der Waals surface area contributed by atoms with Gasteiger partial charge in [-0.2, -0.15) is 0 Å². The third-order valence-corrected chi connectivity index (χ3v) is 7.16. The summed E-state index contributed by atoms with van der Waals surface area (Å²) in [6.45, 7) is 4.47. The van der Waals surface area contributed by atoms with Crippen molar-refractivity contribution >= 4 is 5.97 Å². The van der Waals surface area contributed by atoms with E-state index in [0.29, 0.717) is 5.75 Å². The molecule has 1 aliphatic rings. The molecule has 0 amide bonds. The lowest BCUT2D eigenvalue weighted by Gasteiger charge is -2.27. The first-order valence-electron chi connectivity index (χ1n) is 13.5. The summed E-state index contributed by atoms with van der Waals surface area (Å²) in [5.41, 5.74) is 3.29. The van der Waals surface area contributed by atoms with E-state index in [1.807, 2.05) is 30.5 Å². The Hall–Kier alpha value is -2.16. The van der Waals surface area contributed by atoms with Crippen LogP contribution in [0.3, 0.4) is 0 Å². The highest BCUT2D eigenvalue weighted by molar-refractivity contribution is 5.75. The van der Waals surface area contributed by atoms with Crippen molar-refractivity contribution < 1.29 is 9.53 Å². The number of hydrogen-bond acceptors (Lipinski definition) is 3. The van der Waals surface area contributed by atoms with Gasteiger partial charge in [0.25, 0.3) is 0 Å². The zero-order chi connectivity index (χ0) is 23.3. The van der Waals surface area contributed by atoms with E-state index in [1.54, 1.807) is 0 Å². The number of carbonyl (C=O) groups is 1. The van der Waals surface area contributed by atoms with Crippen LogP contribution in [0.5, 0.6) is 5.75 Å². The second-order valence-corrected chi connectivity index (χ2v) is 9.87. The Morgan fingerprint density at radius 2 is 1.55 bits per heavy atom. The van der Waals surface area contributed by atoms with E-state index in [4.69, 9.17) is 4.74 Å². The molecule has 0 aliphatic heterocycles. The van der Waals surface area contributed by atoms with Crippen molar-refractivity contribution in [1.29, 1.82) is 0 Å². The van der Waals surface area contributed by atoms with Crippen LogP contribution in [-0.4, -0.2) is 11.0 Å². The van der Waals surface area contributed by atoms with Crippen molar-refractivity contribution in [3.05, 3.63) is 48.2 Å². The second-order valence-electron chi connectivity index (χ2n) is 9.87. The van der Waals surface area contributed by atoms with Crippen LogP contribution in [0.4, 0.5) is 0 Å². The summed E-state index contributed by atoms with van der Waals surface area (Å²) < 4.78 is 5.72. The lowest BCUT2D eigenvalue weighted by Crippen LogP contribution is -2.25. The number of rotatable bonds is 13. The van der Waals surface area contributed by atoms with E-state index < -0.39 is 0 Å². The van der Waals surface area contributed by atoms with Crippen molar-refractivity contribution in [2.75, 3.05) is 0 Å². The summed E-state index contributed by atoms with van der Waals surface area (Å²) in [5, 5.41) is 0. The van der Waals surface area contributed by atoms with Gasteiger partial charge in [0.05, 0.1) is 11.6 Å². The molecule has 0 saturated heterocycles. The van der Waals surface area contributed by atoms with Crippen LogP contribution in [-0.2, 0) is 11.2 Å². The molecule has 3 heteroatoms. The topological polar surface area (TPSA) is 39.2 Å². The van der Waals surface area contributed by atoms with Gasteiger partial charge in [-0.1, -0.05) is 71.3 Å². The average Bonchev–Trinajstić information content (AvgIpc) is 2.86. The smallest absolute Gasteiger partial charge is 0.314 e. The Bertz CT molecular complexity index is 804. The minimum absolute atomic E-state index is 0.0563. The fourth-order valence-electron chi connectivity index (χ4n) is 4.92. The highest BCUT2D eigenvalue weighted by Crippen LogP contribution is 2.33. The summed E-state index contributed by atoms with van der Waals surface area (Å²) in [6, 6.07) is 12.0. The van der Waals surface area contributed by atoms with Crippen molar-refractivity contribution in [2.45, 2.75) is 104 Å². The zero-order valence-electron chi connectivity index (χ0n) is 20.9. The lowest BCUT2D eigenvalue weighted by atomic mass is 9.80. The molecule has 2 aromatic rings. The maximum Gasteiger partial charge on any atom is 0.314 e. The van der Waals surface area contributed by atoms with E-state index in [1.165, 1.54) is 76.2 Å². The molecule has 0 atom stereocenters. The van der Waals surface area contributed by atoms with Gasteiger partial charge >= 0.3 is 5.97 Å². The molecule has 1 fully saturated rings. The summed E-state index contributed by atoms with van der Waals surface area (Å²) >= 11 is 0. The van der Waals surface area contributed by atoms with Crippen molar-refractivity contribution in [3.63, 3.8) is 0 Å². The Labute approximate surface area is 201 Å². The number of aryl methyl sites for hydroxylation is 1. The van der Waals surface area contributed by atoms with Crippen LogP contribution in [0.25, 0.3) is 11.3 Å². The summed E-state index contributed by atoms with van der Waals surface area (Å²) in [7, 11) is 0. The molecule has 0 radical (unpaired) electrons. The quantitative estimate of drug-likeness (QED) is 0.175. The predicted molar refractivity (Wildman–Crippen MR) is 137 cm³/mol. The van der Waals surface area contributed by atoms with Gasteiger partial charge in [-0.3, -0.25) is 9.78 Å². The number of aromatic nitrogens is 1. The first-order chi connectivity index (χ1) is 16.2. The minimum atomic E-state index is -0.0563. The Kier molecular flexibility index (Phi) is 10.9. The number of benzene rings is 1. The minimum Gasteiger partial charge on any atom is -0.426 e.